The number of aliphatic hydroxyl groups excluding tert-OH is 2. The number of aliphatic hydroxyl groups is 2. The molecule has 0 aromatic rings. The van der Waals surface area contributed by atoms with E-state index >= 15 is 0 Å². The predicted octanol–water partition coefficient (Wildman–Crippen LogP) is 7.00. The summed E-state index contributed by atoms with van der Waals surface area (Å²) in [5.41, 5.74) is 0. The van der Waals surface area contributed by atoms with Crippen LogP contribution in [0.15, 0.2) is 0 Å². The molecule has 0 aliphatic rings. The lowest BCUT2D eigenvalue weighted by molar-refractivity contribution is -0.137. The highest BCUT2D eigenvalue weighted by atomic mass is 16.4. The molecule has 2 atom stereocenters. The Morgan fingerprint density at radius 1 is 0.552 bits per heavy atom. The van der Waals surface area contributed by atoms with Crippen LogP contribution in [0.3, 0.4) is 0 Å². The van der Waals surface area contributed by atoms with Gasteiger partial charge in [-0.2, -0.15) is 0 Å². The molecule has 3 N–H and O–H groups in total. The van der Waals surface area contributed by atoms with E-state index in [1.54, 1.807) is 0 Å². The van der Waals surface area contributed by atoms with Gasteiger partial charge in [-0.15, -0.1) is 0 Å². The van der Waals surface area contributed by atoms with Crippen LogP contribution in [0, 0.1) is 0 Å². The molecule has 0 saturated carbocycles. The highest BCUT2D eigenvalue weighted by molar-refractivity contribution is 5.66. The molecule has 0 bridgehead atoms. The van der Waals surface area contributed by atoms with Gasteiger partial charge in [0.05, 0.1) is 12.2 Å². The highest BCUT2D eigenvalue weighted by Gasteiger charge is 2.09. The van der Waals surface area contributed by atoms with Crippen LogP contribution in [0.1, 0.15) is 142 Å². The summed E-state index contributed by atoms with van der Waals surface area (Å²) in [6.07, 6.45) is 22.1. The average molecular weight is 415 g/mol. The zero-order chi connectivity index (χ0) is 21.6. The first-order valence-electron chi connectivity index (χ1n) is 12.6. The van der Waals surface area contributed by atoms with Gasteiger partial charge in [-0.05, 0) is 32.1 Å². The van der Waals surface area contributed by atoms with Crippen LogP contribution in [-0.4, -0.2) is 33.5 Å². The Bertz CT molecular complexity index is 346. The van der Waals surface area contributed by atoms with E-state index in [-0.39, 0.29) is 12.2 Å². The number of carboxylic acids is 1. The van der Waals surface area contributed by atoms with Gasteiger partial charge in [0.15, 0.2) is 0 Å². The maximum atomic E-state index is 10.4. The molecule has 4 nitrogen and oxygen atoms in total. The number of aliphatic carboxylic acids is 1. The summed E-state index contributed by atoms with van der Waals surface area (Å²) in [4.78, 5) is 10.4. The Labute approximate surface area is 180 Å². The van der Waals surface area contributed by atoms with Crippen molar-refractivity contribution in [1.29, 1.82) is 0 Å². The molecular weight excluding hydrogens is 364 g/mol. The Balaban J connectivity index is 3.31. The van der Waals surface area contributed by atoms with Gasteiger partial charge in [0.2, 0.25) is 0 Å². The zero-order valence-electron chi connectivity index (χ0n) is 19.3. The van der Waals surface area contributed by atoms with Crippen molar-refractivity contribution < 1.29 is 20.1 Å². The molecule has 0 aliphatic heterocycles. The van der Waals surface area contributed by atoms with E-state index in [1.165, 1.54) is 64.2 Å². The largest absolute Gasteiger partial charge is 0.481 e. The Hall–Kier alpha value is -0.610. The van der Waals surface area contributed by atoms with Crippen molar-refractivity contribution in [1.82, 2.24) is 0 Å². The minimum Gasteiger partial charge on any atom is -0.481 e. The number of carboxylic acid groups (broad SMARTS) is 1. The molecule has 0 radical (unpaired) electrons. The smallest absolute Gasteiger partial charge is 0.303 e. The van der Waals surface area contributed by atoms with E-state index in [0.717, 1.165) is 64.2 Å². The second-order valence-corrected chi connectivity index (χ2v) is 8.91. The summed E-state index contributed by atoms with van der Waals surface area (Å²) in [5.74, 6) is -0.691. The number of hydrogen-bond donors (Lipinski definition) is 3. The molecule has 4 heteroatoms. The molecule has 29 heavy (non-hydrogen) atoms. The maximum absolute atomic E-state index is 10.4. The summed E-state index contributed by atoms with van der Waals surface area (Å²) in [5, 5.41) is 28.8. The van der Waals surface area contributed by atoms with Crippen LogP contribution in [-0.2, 0) is 4.79 Å². The number of hydrogen-bond acceptors (Lipinski definition) is 3. The van der Waals surface area contributed by atoms with Crippen molar-refractivity contribution in [2.24, 2.45) is 0 Å². The first-order chi connectivity index (χ1) is 14.1. The third-order valence-corrected chi connectivity index (χ3v) is 5.90. The van der Waals surface area contributed by atoms with Crippen molar-refractivity contribution in [2.45, 2.75) is 154 Å². The molecule has 0 saturated heterocycles. The minimum atomic E-state index is -0.691. The van der Waals surface area contributed by atoms with Crippen molar-refractivity contribution in [2.75, 3.05) is 0 Å². The molecule has 0 spiro atoms. The van der Waals surface area contributed by atoms with Gasteiger partial charge < -0.3 is 15.3 Å². The third kappa shape index (κ3) is 23.5. The van der Waals surface area contributed by atoms with Gasteiger partial charge >= 0.3 is 5.97 Å². The molecular formula is C25H50O4. The summed E-state index contributed by atoms with van der Waals surface area (Å²) >= 11 is 0. The minimum absolute atomic E-state index is 0.245. The van der Waals surface area contributed by atoms with E-state index < -0.39 is 5.97 Å². The molecule has 0 rings (SSSR count). The number of unbranched alkanes of at least 4 members (excludes halogenated alkanes) is 14. The molecule has 2 unspecified atom stereocenters. The van der Waals surface area contributed by atoms with Crippen LogP contribution in [0.5, 0.6) is 0 Å². The Kier molecular flexibility index (Phi) is 21.6. The zero-order valence-corrected chi connectivity index (χ0v) is 19.3. The maximum Gasteiger partial charge on any atom is 0.303 e. The summed E-state index contributed by atoms with van der Waals surface area (Å²) < 4.78 is 0. The molecule has 0 aromatic heterocycles. The first kappa shape index (κ1) is 28.4. The van der Waals surface area contributed by atoms with Crippen LogP contribution in [0.4, 0.5) is 0 Å². The molecule has 0 fully saturated rings. The van der Waals surface area contributed by atoms with Gasteiger partial charge in [0.1, 0.15) is 0 Å². The van der Waals surface area contributed by atoms with Gasteiger partial charge in [-0.3, -0.25) is 4.79 Å². The molecule has 0 aliphatic carbocycles. The molecule has 0 aromatic carbocycles. The lowest BCUT2D eigenvalue weighted by Crippen LogP contribution is -2.13. The standard InChI is InChI=1S/C25H50O4/c1-2-3-4-5-6-9-12-15-18-23(26)21-22-24(27)19-16-13-10-7-8-11-14-17-20-25(28)29/h23-24,26-27H,2-22H2,1H3,(H,28,29). The fourth-order valence-corrected chi connectivity index (χ4v) is 3.90. The number of rotatable bonds is 23. The van der Waals surface area contributed by atoms with E-state index in [2.05, 4.69) is 6.92 Å². The van der Waals surface area contributed by atoms with Crippen LogP contribution in [0.25, 0.3) is 0 Å². The van der Waals surface area contributed by atoms with Gasteiger partial charge in [-0.25, -0.2) is 0 Å². The van der Waals surface area contributed by atoms with E-state index in [4.69, 9.17) is 5.11 Å². The van der Waals surface area contributed by atoms with Gasteiger partial charge in [0.25, 0.3) is 0 Å². The number of carbonyl (C=O) groups is 1. The topological polar surface area (TPSA) is 77.8 Å². The molecule has 0 heterocycles. The van der Waals surface area contributed by atoms with E-state index in [9.17, 15) is 15.0 Å². The van der Waals surface area contributed by atoms with Crippen LogP contribution < -0.4 is 0 Å². The summed E-state index contributed by atoms with van der Waals surface area (Å²) in [6.45, 7) is 2.25. The van der Waals surface area contributed by atoms with E-state index in [1.807, 2.05) is 0 Å². The third-order valence-electron chi connectivity index (χ3n) is 5.90. The van der Waals surface area contributed by atoms with Crippen molar-refractivity contribution in [3.63, 3.8) is 0 Å². The Morgan fingerprint density at radius 3 is 1.28 bits per heavy atom. The lowest BCUT2D eigenvalue weighted by atomic mass is 10.00. The van der Waals surface area contributed by atoms with E-state index in [0.29, 0.717) is 6.42 Å². The first-order valence-corrected chi connectivity index (χ1v) is 12.6. The average Bonchev–Trinajstić information content (AvgIpc) is 2.69. The van der Waals surface area contributed by atoms with Crippen molar-refractivity contribution in [3.05, 3.63) is 0 Å². The van der Waals surface area contributed by atoms with Crippen molar-refractivity contribution in [3.8, 4) is 0 Å². The quantitative estimate of drug-likeness (QED) is 0.157. The fraction of sp³-hybridized carbons (Fsp3) is 0.960. The normalized spacial score (nSPS) is 13.5. The second-order valence-electron chi connectivity index (χ2n) is 8.91. The summed E-state index contributed by atoms with van der Waals surface area (Å²) in [6, 6.07) is 0. The monoisotopic (exact) mass is 414 g/mol. The molecule has 174 valence electrons. The SMILES string of the molecule is CCCCCCCCCCC(O)CCC(O)CCCCCCCCCCC(=O)O. The predicted molar refractivity (Wildman–Crippen MR) is 122 cm³/mol. The van der Waals surface area contributed by atoms with Gasteiger partial charge in [-0.1, -0.05) is 103 Å². The second kappa shape index (κ2) is 22.1. The summed E-state index contributed by atoms with van der Waals surface area (Å²) in [7, 11) is 0. The fourth-order valence-electron chi connectivity index (χ4n) is 3.90. The Morgan fingerprint density at radius 2 is 0.897 bits per heavy atom. The van der Waals surface area contributed by atoms with Crippen LogP contribution in [0.2, 0.25) is 0 Å². The highest BCUT2D eigenvalue weighted by Crippen LogP contribution is 2.16. The lowest BCUT2D eigenvalue weighted by Gasteiger charge is -2.14. The van der Waals surface area contributed by atoms with Gasteiger partial charge in [0, 0.05) is 6.42 Å². The molecule has 0 amide bonds. The van der Waals surface area contributed by atoms with Crippen molar-refractivity contribution >= 4 is 5.97 Å². The van der Waals surface area contributed by atoms with Crippen LogP contribution >= 0.6 is 0 Å².